The van der Waals surface area contributed by atoms with E-state index >= 15 is 0 Å². The van der Waals surface area contributed by atoms with E-state index in [1.807, 2.05) is 67.5 Å². The van der Waals surface area contributed by atoms with Crippen molar-refractivity contribution in [1.82, 2.24) is 0 Å². The Kier molecular flexibility index (Phi) is 21.5. The van der Waals surface area contributed by atoms with Crippen LogP contribution in [0.4, 0.5) is 0 Å². The summed E-state index contributed by atoms with van der Waals surface area (Å²) >= 11 is 1.58. The molecule has 0 amide bonds. The van der Waals surface area contributed by atoms with Crippen molar-refractivity contribution in [3.8, 4) is 0 Å². The third-order valence-electron chi connectivity index (χ3n) is 5.64. The van der Waals surface area contributed by atoms with Crippen molar-refractivity contribution in [1.29, 1.82) is 0 Å². The number of hydrogen-bond donors (Lipinski definition) is 0. The molecule has 0 heterocycles. The maximum absolute atomic E-state index is 2.89. The van der Waals surface area contributed by atoms with Crippen LogP contribution in [-0.2, 0) is 23.3 Å². The van der Waals surface area contributed by atoms with Gasteiger partial charge in [0.1, 0.15) is 0 Å². The normalized spacial score (nSPS) is 19.4. The Hall–Kier alpha value is -1.18. The van der Waals surface area contributed by atoms with Gasteiger partial charge in [0.2, 0.25) is 0 Å². The van der Waals surface area contributed by atoms with E-state index < -0.39 is 0 Å². The average molecular weight is 587 g/mol. The smallest absolute Gasteiger partial charge is 0.171 e. The van der Waals surface area contributed by atoms with Crippen LogP contribution in [0.15, 0.2) is 108 Å². The number of rotatable bonds is 0. The van der Waals surface area contributed by atoms with Gasteiger partial charge < -0.3 is 0 Å². The van der Waals surface area contributed by atoms with Crippen molar-refractivity contribution in [2.24, 2.45) is 11.8 Å². The molecule has 0 aliphatic heterocycles. The van der Waals surface area contributed by atoms with E-state index in [9.17, 15) is 0 Å². The zero-order valence-corrected chi connectivity index (χ0v) is 25.3. The molecule has 2 saturated carbocycles. The molecule has 4 aliphatic carbocycles. The predicted molar refractivity (Wildman–Crippen MR) is 151 cm³/mol. The van der Waals surface area contributed by atoms with Crippen LogP contribution in [-0.4, -0.2) is 6.88 Å². The van der Waals surface area contributed by atoms with Gasteiger partial charge in [-0.15, -0.1) is 62.0 Å². The van der Waals surface area contributed by atoms with Crippen molar-refractivity contribution in [3.05, 3.63) is 133 Å². The number of hydrogen-bond acceptors (Lipinski definition) is 0. The molecule has 4 heteroatoms. The molecule has 0 radical (unpaired) electrons. The summed E-state index contributed by atoms with van der Waals surface area (Å²) in [5.41, 5.74) is 3.16. The molecule has 6 rings (SSSR count). The molecular weight excluding hydrogens is 551 g/mol. The first-order valence-corrected chi connectivity index (χ1v) is 17.4. The van der Waals surface area contributed by atoms with Gasteiger partial charge in [0.05, 0.1) is 0 Å². The molecule has 0 aromatic heterocycles. The van der Waals surface area contributed by atoms with E-state index in [-0.39, 0.29) is 24.8 Å². The number of fused-ring (bicyclic) bond motifs is 2. The number of halogens is 2. The largest absolute Gasteiger partial charge is 0.184 e. The van der Waals surface area contributed by atoms with Gasteiger partial charge in [0, 0.05) is 0 Å². The monoisotopic (exact) mass is 584 g/mol. The second-order valence-electron chi connectivity index (χ2n) is 7.77. The standard InChI is InChI=1S/2C9H11.2C6H5.2ClH.H2Si.Zr/c2*1-2-5-9-7-3-6-8(9)4-1;2*1-2-4-6-5-3-1;;;;/h2*1-2,4,6,9H,3,5,7H2;2*1-5H;2*1H;1H2;/q4*-1;;;;. The van der Waals surface area contributed by atoms with E-state index in [1.54, 1.807) is 34.5 Å². The summed E-state index contributed by atoms with van der Waals surface area (Å²) in [6, 6.07) is 25.0. The molecule has 0 bridgehead atoms. The zero-order chi connectivity index (χ0) is 22.7. The average Bonchev–Trinajstić information content (AvgIpc) is 3.58. The molecule has 2 aromatic rings. The summed E-state index contributed by atoms with van der Waals surface area (Å²) in [4.78, 5) is 0. The molecule has 0 saturated heterocycles. The van der Waals surface area contributed by atoms with Gasteiger partial charge >= 0.3 is 30.2 Å². The van der Waals surface area contributed by atoms with Crippen molar-refractivity contribution in [2.75, 3.05) is 0 Å². The molecule has 0 spiro atoms. The van der Waals surface area contributed by atoms with Crippen LogP contribution in [0.2, 0.25) is 0 Å². The Morgan fingerprint density at radius 1 is 0.647 bits per heavy atom. The van der Waals surface area contributed by atoms with Crippen molar-refractivity contribution < 1.29 is 23.3 Å². The summed E-state index contributed by atoms with van der Waals surface area (Å²) in [5.74, 6) is 1.77. The van der Waals surface area contributed by atoms with Crippen LogP contribution in [0.3, 0.4) is 0 Å². The minimum absolute atomic E-state index is 0. The minimum atomic E-state index is 0. The first kappa shape index (κ1) is 32.8. The topological polar surface area (TPSA) is 0 Å². The van der Waals surface area contributed by atoms with Crippen molar-refractivity contribution in [2.45, 2.75) is 38.5 Å². The predicted octanol–water partition coefficient (Wildman–Crippen LogP) is 7.87. The number of benzene rings is 2. The van der Waals surface area contributed by atoms with Crippen LogP contribution in [0, 0.1) is 36.8 Å². The Labute approximate surface area is 237 Å². The summed E-state index contributed by atoms with van der Waals surface area (Å²) in [6.07, 6.45) is 26.1. The van der Waals surface area contributed by atoms with Crippen molar-refractivity contribution in [3.63, 3.8) is 0 Å². The maximum Gasteiger partial charge on any atom is -0.171 e. The van der Waals surface area contributed by atoms with Gasteiger partial charge in [-0.3, -0.25) is 0 Å². The summed E-state index contributed by atoms with van der Waals surface area (Å²) < 4.78 is 0. The molecule has 2 fully saturated rings. The van der Waals surface area contributed by atoms with E-state index in [0.717, 1.165) is 11.8 Å². The van der Waals surface area contributed by atoms with Gasteiger partial charge in [-0.2, -0.15) is 72.8 Å². The van der Waals surface area contributed by atoms with E-state index in [4.69, 9.17) is 0 Å². The summed E-state index contributed by atoms with van der Waals surface area (Å²) in [5, 5.41) is 0. The molecule has 34 heavy (non-hydrogen) atoms. The Morgan fingerprint density at radius 3 is 1.29 bits per heavy atom. The summed E-state index contributed by atoms with van der Waals surface area (Å²) in [7, 11) is 0. The quantitative estimate of drug-likeness (QED) is 0.218. The van der Waals surface area contributed by atoms with Gasteiger partial charge in [-0.25, -0.2) is 36.1 Å². The molecule has 2 atom stereocenters. The van der Waals surface area contributed by atoms with Gasteiger partial charge in [0.25, 0.3) is 0 Å². The molecule has 0 nitrogen and oxygen atoms in total. The summed E-state index contributed by atoms with van der Waals surface area (Å²) in [6.45, 7) is 1.95. The molecular formula is C30H36Cl2SiZr-4. The Morgan fingerprint density at radius 2 is 1.03 bits per heavy atom. The molecule has 2 unspecified atom stereocenters. The van der Waals surface area contributed by atoms with Crippen LogP contribution in [0.5, 0.6) is 0 Å². The Bertz CT molecular complexity index is 722. The van der Waals surface area contributed by atoms with Crippen LogP contribution in [0.25, 0.3) is 0 Å². The molecule has 0 N–H and O–H groups in total. The van der Waals surface area contributed by atoms with Crippen LogP contribution >= 0.6 is 24.8 Å². The molecule has 4 aliphatic rings. The first-order chi connectivity index (χ1) is 15.9. The number of allylic oxidation sites excluding steroid dienone is 8. The van der Waals surface area contributed by atoms with Gasteiger partial charge in [0.15, 0.2) is 0 Å². The third kappa shape index (κ3) is 13.6. The maximum atomic E-state index is 2.89. The second kappa shape index (κ2) is 22.3. The fourth-order valence-electron chi connectivity index (χ4n) is 4.01. The SMILES string of the molecule is C1=CCC2CC[CH-]C2=C1.C1=CCC2CC[CH-]C2=C1.Cl.Cl.[SiH2]=[Zr].[c-]1ccccc1.[c-]1ccccc1. The fourth-order valence-corrected chi connectivity index (χ4v) is 4.01. The first-order valence-electron chi connectivity index (χ1n) is 11.5. The Balaban J connectivity index is 0.000000416. The molecule has 182 valence electrons. The zero-order valence-electron chi connectivity index (χ0n) is 19.8. The third-order valence-corrected chi connectivity index (χ3v) is 5.64. The fraction of sp³-hybridized carbons (Fsp3) is 0.267. The molecule has 2 aromatic carbocycles. The van der Waals surface area contributed by atoms with Crippen LogP contribution < -0.4 is 0 Å². The van der Waals surface area contributed by atoms with E-state index in [1.165, 1.54) is 38.5 Å². The van der Waals surface area contributed by atoms with Gasteiger partial charge in [-0.05, 0) is 24.7 Å². The van der Waals surface area contributed by atoms with Gasteiger partial charge in [-0.1, -0.05) is 12.8 Å². The van der Waals surface area contributed by atoms with Crippen LogP contribution in [0.1, 0.15) is 38.5 Å². The van der Waals surface area contributed by atoms with E-state index in [0.29, 0.717) is 0 Å². The second-order valence-corrected chi connectivity index (χ2v) is 7.77. The van der Waals surface area contributed by atoms with Crippen molar-refractivity contribution >= 4 is 31.7 Å². The minimum Gasteiger partial charge on any atom is -0.184 e. The van der Waals surface area contributed by atoms with E-state index in [2.05, 4.69) is 61.4 Å².